The molecule has 8 heteroatoms. The maximum Gasteiger partial charge on any atom is 1.00 e. The zero-order valence-corrected chi connectivity index (χ0v) is 15.4. The van der Waals surface area contributed by atoms with Gasteiger partial charge in [-0.1, -0.05) is 11.6 Å². The monoisotopic (exact) mass is 322 g/mol. The molecule has 108 valence electrons. The van der Waals surface area contributed by atoms with Crippen molar-refractivity contribution < 1.29 is 69.1 Å². The molecule has 0 N–H and O–H groups in total. The quantitative estimate of drug-likeness (QED) is 0.716. The van der Waals surface area contributed by atoms with Crippen molar-refractivity contribution >= 4 is 12.4 Å². The van der Waals surface area contributed by atoms with E-state index in [9.17, 15) is 12.9 Å². The SMILES string of the molecule is CCn1cc(COc2ccc([B-](F)(F)F)c(C)c2)cn1.[K+]. The molecule has 0 amide bonds. The Bertz CT molecular complexity index is 601. The maximum absolute atomic E-state index is 12.7. The Morgan fingerprint density at radius 1 is 1.29 bits per heavy atom. The largest absolute Gasteiger partial charge is 1.00 e. The first-order valence-electron chi connectivity index (χ1n) is 6.34. The van der Waals surface area contributed by atoms with Crippen LogP contribution in [-0.4, -0.2) is 16.8 Å². The van der Waals surface area contributed by atoms with Crippen molar-refractivity contribution in [2.24, 2.45) is 0 Å². The van der Waals surface area contributed by atoms with Crippen LogP contribution in [0.25, 0.3) is 0 Å². The minimum atomic E-state index is -4.97. The van der Waals surface area contributed by atoms with E-state index in [1.54, 1.807) is 10.9 Å². The van der Waals surface area contributed by atoms with Crippen LogP contribution in [0, 0.1) is 6.92 Å². The molecule has 0 spiro atoms. The van der Waals surface area contributed by atoms with E-state index in [0.717, 1.165) is 18.2 Å². The first-order chi connectivity index (χ1) is 9.40. The third-order valence-corrected chi connectivity index (χ3v) is 3.01. The summed E-state index contributed by atoms with van der Waals surface area (Å²) in [6.45, 7) is -0.511. The van der Waals surface area contributed by atoms with Gasteiger partial charge in [0.1, 0.15) is 12.4 Å². The van der Waals surface area contributed by atoms with Gasteiger partial charge in [-0.2, -0.15) is 5.10 Å². The maximum atomic E-state index is 12.7. The molecule has 1 aromatic carbocycles. The summed E-state index contributed by atoms with van der Waals surface area (Å²) < 4.78 is 45.3. The third-order valence-electron chi connectivity index (χ3n) is 3.01. The van der Waals surface area contributed by atoms with E-state index in [1.807, 2.05) is 13.1 Å². The molecule has 1 heterocycles. The van der Waals surface area contributed by atoms with E-state index in [0.29, 0.717) is 5.75 Å². The first-order valence-corrected chi connectivity index (χ1v) is 6.34. The number of ether oxygens (including phenoxy) is 1. The van der Waals surface area contributed by atoms with E-state index in [-0.39, 0.29) is 63.6 Å². The molecule has 1 aromatic heterocycles. The van der Waals surface area contributed by atoms with Gasteiger partial charge in [0.15, 0.2) is 0 Å². The second-order valence-electron chi connectivity index (χ2n) is 4.59. The number of hydrogen-bond acceptors (Lipinski definition) is 2. The molecule has 0 unspecified atom stereocenters. The number of halogens is 3. The predicted octanol–water partition coefficient (Wildman–Crippen LogP) is -0.151. The summed E-state index contributed by atoms with van der Waals surface area (Å²) in [6.07, 6.45) is 3.53. The van der Waals surface area contributed by atoms with Gasteiger partial charge < -0.3 is 17.7 Å². The molecule has 2 aromatic rings. The van der Waals surface area contributed by atoms with E-state index < -0.39 is 12.4 Å². The first kappa shape index (κ1) is 18.8. The topological polar surface area (TPSA) is 27.1 Å². The van der Waals surface area contributed by atoms with Gasteiger partial charge in [-0.15, -0.1) is 5.46 Å². The molecule has 0 atom stereocenters. The minimum absolute atomic E-state index is 0. The van der Waals surface area contributed by atoms with Crippen molar-refractivity contribution in [3.05, 3.63) is 41.7 Å². The molecular weight excluding hydrogens is 307 g/mol. The van der Waals surface area contributed by atoms with Crippen molar-refractivity contribution in [2.75, 3.05) is 0 Å². The van der Waals surface area contributed by atoms with Crippen molar-refractivity contribution in [2.45, 2.75) is 27.0 Å². The summed E-state index contributed by atoms with van der Waals surface area (Å²) >= 11 is 0. The van der Waals surface area contributed by atoms with E-state index in [2.05, 4.69) is 5.10 Å². The van der Waals surface area contributed by atoms with Gasteiger partial charge in [-0.3, -0.25) is 4.68 Å². The van der Waals surface area contributed by atoms with Gasteiger partial charge in [0.2, 0.25) is 0 Å². The number of benzene rings is 1. The molecule has 21 heavy (non-hydrogen) atoms. The molecule has 0 radical (unpaired) electrons. The van der Waals surface area contributed by atoms with Gasteiger partial charge in [-0.25, -0.2) is 0 Å². The van der Waals surface area contributed by atoms with Gasteiger partial charge in [-0.05, 0) is 26.0 Å². The number of nitrogens with zero attached hydrogens (tertiary/aromatic N) is 2. The van der Waals surface area contributed by atoms with Crippen molar-refractivity contribution in [3.63, 3.8) is 0 Å². The summed E-state index contributed by atoms with van der Waals surface area (Å²) in [5.74, 6) is 0.426. The van der Waals surface area contributed by atoms with E-state index in [4.69, 9.17) is 4.74 Å². The molecule has 0 bridgehead atoms. The number of hydrogen-bond donors (Lipinski definition) is 0. The van der Waals surface area contributed by atoms with Gasteiger partial charge in [0.05, 0.1) is 6.20 Å². The Labute approximate surface area is 164 Å². The second kappa shape index (κ2) is 7.82. The average molecular weight is 322 g/mol. The summed E-state index contributed by atoms with van der Waals surface area (Å²) in [6, 6.07) is 3.83. The zero-order valence-electron chi connectivity index (χ0n) is 12.3. The third kappa shape index (κ3) is 5.14. The molecule has 2 rings (SSSR count). The van der Waals surface area contributed by atoms with Crippen LogP contribution in [0.1, 0.15) is 18.1 Å². The Hall–Kier alpha value is -0.279. The molecule has 0 aliphatic heterocycles. The van der Waals surface area contributed by atoms with E-state index in [1.165, 1.54) is 19.1 Å². The van der Waals surface area contributed by atoms with Gasteiger partial charge in [0.25, 0.3) is 0 Å². The van der Waals surface area contributed by atoms with Gasteiger partial charge >= 0.3 is 58.4 Å². The molecular formula is C13H15BF3KN2O. The van der Waals surface area contributed by atoms with Crippen LogP contribution in [0.2, 0.25) is 0 Å². The molecule has 0 aliphatic rings. The van der Waals surface area contributed by atoms with Crippen LogP contribution >= 0.6 is 0 Å². The van der Waals surface area contributed by atoms with Crippen molar-refractivity contribution in [1.29, 1.82) is 0 Å². The minimum Gasteiger partial charge on any atom is -0.489 e. The summed E-state index contributed by atoms with van der Waals surface area (Å²) in [4.78, 5) is 0. The Morgan fingerprint density at radius 3 is 2.52 bits per heavy atom. The molecule has 0 saturated heterocycles. The smallest absolute Gasteiger partial charge is 0.489 e. The Balaban J connectivity index is 0.00000220. The van der Waals surface area contributed by atoms with Crippen molar-refractivity contribution in [3.8, 4) is 5.75 Å². The number of aryl methyl sites for hydroxylation is 2. The number of aromatic nitrogens is 2. The van der Waals surface area contributed by atoms with Crippen LogP contribution in [0.5, 0.6) is 5.75 Å². The fourth-order valence-corrected chi connectivity index (χ4v) is 1.93. The fraction of sp³-hybridized carbons (Fsp3) is 0.308. The van der Waals surface area contributed by atoms with Crippen LogP contribution in [-0.2, 0) is 13.2 Å². The number of rotatable bonds is 5. The van der Waals surface area contributed by atoms with E-state index >= 15 is 0 Å². The Kier molecular flexibility index (Phi) is 6.99. The fourth-order valence-electron chi connectivity index (χ4n) is 1.93. The average Bonchev–Trinajstić information content (AvgIpc) is 2.83. The van der Waals surface area contributed by atoms with Crippen LogP contribution in [0.15, 0.2) is 30.6 Å². The predicted molar refractivity (Wildman–Crippen MR) is 72.1 cm³/mol. The molecule has 0 fully saturated rings. The summed E-state index contributed by atoms with van der Waals surface area (Å²) in [7, 11) is 0. The molecule has 0 saturated carbocycles. The van der Waals surface area contributed by atoms with Crippen molar-refractivity contribution in [1.82, 2.24) is 9.78 Å². The zero-order chi connectivity index (χ0) is 14.8. The van der Waals surface area contributed by atoms with Crippen LogP contribution in [0.3, 0.4) is 0 Å². The Morgan fingerprint density at radius 2 is 2.00 bits per heavy atom. The normalized spacial score (nSPS) is 11.1. The summed E-state index contributed by atoms with van der Waals surface area (Å²) in [5, 5.41) is 4.10. The molecule has 3 nitrogen and oxygen atoms in total. The van der Waals surface area contributed by atoms with Crippen LogP contribution in [0.4, 0.5) is 12.9 Å². The molecule has 0 aliphatic carbocycles. The summed E-state index contributed by atoms with van der Waals surface area (Å²) in [5.41, 5.74) is 0.490. The van der Waals surface area contributed by atoms with Gasteiger partial charge in [0, 0.05) is 18.3 Å². The van der Waals surface area contributed by atoms with Crippen LogP contribution < -0.4 is 61.6 Å². The standard InChI is InChI=1S/C13H15BF3N2O.K/c1-3-19-8-11(7-18-19)9-20-12-4-5-13(10(2)6-12)14(15,16)17;/h4-8H,3,9H2,1-2H3;/q-1;+1. The second-order valence-corrected chi connectivity index (χ2v) is 4.59.